The highest BCUT2D eigenvalue weighted by Crippen LogP contribution is 2.34. The molecule has 0 saturated carbocycles. The fraction of sp³-hybridized carbons (Fsp3) is 0.892. The number of fused-ring (bicyclic) bond motifs is 2. The van der Waals surface area contributed by atoms with Gasteiger partial charge in [0.15, 0.2) is 0 Å². The van der Waals surface area contributed by atoms with E-state index < -0.39 is 0 Å². The van der Waals surface area contributed by atoms with Gasteiger partial charge in [-0.1, -0.05) is 12.8 Å². The number of hydrogen-bond acceptors (Lipinski definition) is 11. The van der Waals surface area contributed by atoms with Gasteiger partial charge in [-0.05, 0) is 60.3 Å². The van der Waals surface area contributed by atoms with E-state index in [1.54, 1.807) is 0 Å². The van der Waals surface area contributed by atoms with E-state index in [0.717, 1.165) is 50.0 Å². The van der Waals surface area contributed by atoms with Crippen LogP contribution in [-0.4, -0.2) is 147 Å². The van der Waals surface area contributed by atoms with Crippen molar-refractivity contribution in [2.75, 3.05) is 57.6 Å². The molecule has 11 atom stereocenters. The van der Waals surface area contributed by atoms with Crippen molar-refractivity contribution in [2.45, 2.75) is 151 Å². The van der Waals surface area contributed by atoms with Crippen LogP contribution in [-0.2, 0) is 33.3 Å². The molecule has 6 N–H and O–H groups in total. The standard InChI is InChI=1S/C37H66N6O9S2/c1-23(16-39-33(45)13-9-7-11-31-35-29(22-54-31)41-37(47)43-35)49-18-25(3)51-20-27(5)52-19-26(4)50-17-24(2)48-15-14-38-32(44)12-8-6-10-30-34-28(21-53-30)40-36(46)42-34/h23-31,34-35H,6-22H2,1-5H3,(H,38,44)(H,39,45)(H2,40,42,46)(H2,41,43,47)/t23?,24?,25?,26?,27?,28-,29-,30-,31-,34-,35-/m0/s1. The van der Waals surface area contributed by atoms with E-state index >= 15 is 0 Å². The second-order valence-corrected chi connectivity index (χ2v) is 17.7. The summed E-state index contributed by atoms with van der Waals surface area (Å²) < 4.78 is 29.4. The van der Waals surface area contributed by atoms with Gasteiger partial charge in [0.05, 0.1) is 87.7 Å². The number of carbonyl (C=O) groups is 4. The van der Waals surface area contributed by atoms with E-state index in [-0.39, 0.29) is 78.6 Å². The molecule has 0 aliphatic carbocycles. The van der Waals surface area contributed by atoms with Gasteiger partial charge >= 0.3 is 12.1 Å². The number of ether oxygens (including phenoxy) is 5. The largest absolute Gasteiger partial charge is 0.374 e. The number of amides is 6. The average molecular weight is 803 g/mol. The van der Waals surface area contributed by atoms with Crippen LogP contribution in [0, 0.1) is 0 Å². The van der Waals surface area contributed by atoms with E-state index in [1.165, 1.54) is 0 Å². The second kappa shape index (κ2) is 23.9. The molecule has 0 aromatic rings. The summed E-state index contributed by atoms with van der Waals surface area (Å²) in [5.74, 6) is 1.97. The lowest BCUT2D eigenvalue weighted by atomic mass is 10.0. The minimum absolute atomic E-state index is 0.0329. The SMILES string of the molecule is CC(CNC(=O)CCCC[C@@H]1SC[C@@H]2NC(=O)N[C@@H]21)OCC(C)OCC(C)OCC(C)OCC(C)OCCNC(=O)CCCC[C@@H]1SC[C@@H]2NC(=O)N[C@@H]21. The van der Waals surface area contributed by atoms with E-state index in [0.29, 0.717) is 69.5 Å². The maximum atomic E-state index is 12.3. The molecule has 4 heterocycles. The lowest BCUT2D eigenvalue weighted by Gasteiger charge is -2.22. The minimum Gasteiger partial charge on any atom is -0.374 e. The predicted molar refractivity (Wildman–Crippen MR) is 211 cm³/mol. The highest BCUT2D eigenvalue weighted by molar-refractivity contribution is 8.00. The molecular formula is C37H66N6O9S2. The Bertz CT molecular complexity index is 1180. The molecular weight excluding hydrogens is 737 g/mol. The molecule has 0 aromatic carbocycles. The Hall–Kier alpha value is -2.02. The smallest absolute Gasteiger partial charge is 0.315 e. The molecule has 4 fully saturated rings. The monoisotopic (exact) mass is 802 g/mol. The quantitative estimate of drug-likeness (QED) is 0.0505. The Balaban J connectivity index is 0.899. The summed E-state index contributed by atoms with van der Waals surface area (Å²) in [6, 6.07) is 0.767. The summed E-state index contributed by atoms with van der Waals surface area (Å²) in [5.41, 5.74) is 0. The molecule has 4 rings (SSSR count). The zero-order valence-electron chi connectivity index (χ0n) is 32.9. The highest BCUT2D eigenvalue weighted by Gasteiger charge is 2.43. The Morgan fingerprint density at radius 3 is 1.52 bits per heavy atom. The topological polar surface area (TPSA) is 187 Å². The molecule has 4 aliphatic heterocycles. The van der Waals surface area contributed by atoms with Crippen molar-refractivity contribution in [3.63, 3.8) is 0 Å². The summed E-state index contributed by atoms with van der Waals surface area (Å²) in [6.45, 7) is 12.8. The van der Waals surface area contributed by atoms with Crippen LogP contribution in [0.1, 0.15) is 86.0 Å². The molecule has 15 nitrogen and oxygen atoms in total. The number of nitrogens with one attached hydrogen (secondary N) is 6. The van der Waals surface area contributed by atoms with Gasteiger partial charge in [0, 0.05) is 47.9 Å². The van der Waals surface area contributed by atoms with E-state index in [2.05, 4.69) is 31.9 Å². The molecule has 0 bridgehead atoms. The van der Waals surface area contributed by atoms with Gasteiger partial charge in [-0.25, -0.2) is 9.59 Å². The number of thioether (sulfide) groups is 2. The summed E-state index contributed by atoms with van der Waals surface area (Å²) >= 11 is 3.80. The summed E-state index contributed by atoms with van der Waals surface area (Å²) in [7, 11) is 0. The van der Waals surface area contributed by atoms with Crippen molar-refractivity contribution < 1.29 is 42.9 Å². The van der Waals surface area contributed by atoms with Crippen molar-refractivity contribution >= 4 is 47.4 Å². The zero-order chi connectivity index (χ0) is 38.9. The number of hydrogen-bond donors (Lipinski definition) is 6. The normalized spacial score (nSPS) is 27.1. The molecule has 17 heteroatoms. The van der Waals surface area contributed by atoms with Gasteiger partial charge in [-0.2, -0.15) is 23.5 Å². The molecule has 5 unspecified atom stereocenters. The maximum Gasteiger partial charge on any atom is 0.315 e. The zero-order valence-corrected chi connectivity index (χ0v) is 34.5. The van der Waals surface area contributed by atoms with Crippen LogP contribution in [0.2, 0.25) is 0 Å². The molecule has 310 valence electrons. The minimum atomic E-state index is -0.130. The van der Waals surface area contributed by atoms with Crippen LogP contribution in [0.4, 0.5) is 9.59 Å². The van der Waals surface area contributed by atoms with Gasteiger partial charge in [-0.15, -0.1) is 0 Å². The Morgan fingerprint density at radius 2 is 1.04 bits per heavy atom. The first-order valence-electron chi connectivity index (χ1n) is 20.0. The lowest BCUT2D eigenvalue weighted by molar-refractivity contribution is -0.122. The number of urea groups is 2. The van der Waals surface area contributed by atoms with E-state index in [1.807, 2.05) is 58.1 Å². The van der Waals surface area contributed by atoms with E-state index in [4.69, 9.17) is 23.7 Å². The second-order valence-electron chi connectivity index (χ2n) is 15.1. The van der Waals surface area contributed by atoms with Crippen molar-refractivity contribution in [2.24, 2.45) is 0 Å². The van der Waals surface area contributed by atoms with Crippen molar-refractivity contribution in [3.8, 4) is 0 Å². The van der Waals surface area contributed by atoms with Crippen LogP contribution >= 0.6 is 23.5 Å². The van der Waals surface area contributed by atoms with E-state index in [9.17, 15) is 19.2 Å². The molecule has 0 spiro atoms. The van der Waals surface area contributed by atoms with Gasteiger partial charge < -0.3 is 55.6 Å². The third kappa shape index (κ3) is 16.2. The first-order chi connectivity index (χ1) is 26.0. The number of unbranched alkanes of at least 4 members (excludes halogenated alkanes) is 2. The average Bonchev–Trinajstić information content (AvgIpc) is 3.91. The number of rotatable bonds is 28. The first kappa shape index (κ1) is 44.7. The molecule has 0 aromatic heterocycles. The summed E-state index contributed by atoms with van der Waals surface area (Å²) in [6.07, 6.45) is 5.98. The fourth-order valence-corrected chi connectivity index (χ4v) is 9.97. The lowest BCUT2D eigenvalue weighted by Crippen LogP contribution is -2.36. The summed E-state index contributed by atoms with van der Waals surface area (Å²) in [4.78, 5) is 47.6. The van der Waals surface area contributed by atoms with Crippen molar-refractivity contribution in [1.29, 1.82) is 0 Å². The van der Waals surface area contributed by atoms with Crippen LogP contribution < -0.4 is 31.9 Å². The molecule has 54 heavy (non-hydrogen) atoms. The maximum absolute atomic E-state index is 12.3. The Labute approximate surface area is 330 Å². The predicted octanol–water partition coefficient (Wildman–Crippen LogP) is 2.70. The molecule has 4 aliphatic rings. The Kier molecular flexibility index (Phi) is 19.8. The highest BCUT2D eigenvalue weighted by atomic mass is 32.2. The van der Waals surface area contributed by atoms with Gasteiger partial charge in [0.25, 0.3) is 0 Å². The number of carbonyl (C=O) groups excluding carboxylic acids is 4. The third-order valence-electron chi connectivity index (χ3n) is 10.0. The summed E-state index contributed by atoms with van der Waals surface area (Å²) in [5, 5.41) is 18.7. The van der Waals surface area contributed by atoms with Gasteiger partial charge in [0.2, 0.25) is 11.8 Å². The van der Waals surface area contributed by atoms with Crippen LogP contribution in [0.15, 0.2) is 0 Å². The first-order valence-corrected chi connectivity index (χ1v) is 22.0. The van der Waals surface area contributed by atoms with Crippen molar-refractivity contribution in [3.05, 3.63) is 0 Å². The van der Waals surface area contributed by atoms with Gasteiger partial charge in [-0.3, -0.25) is 9.59 Å². The molecule has 6 amide bonds. The van der Waals surface area contributed by atoms with Crippen LogP contribution in [0.25, 0.3) is 0 Å². The molecule has 4 saturated heterocycles. The fourth-order valence-electron chi connectivity index (χ4n) is 6.88. The van der Waals surface area contributed by atoms with Crippen LogP contribution in [0.5, 0.6) is 0 Å². The molecule has 0 radical (unpaired) electrons. The van der Waals surface area contributed by atoms with Gasteiger partial charge in [0.1, 0.15) is 0 Å². The third-order valence-corrected chi connectivity index (χ3v) is 13.1. The van der Waals surface area contributed by atoms with Crippen molar-refractivity contribution in [1.82, 2.24) is 31.9 Å². The Morgan fingerprint density at radius 1 is 0.611 bits per heavy atom. The van der Waals surface area contributed by atoms with Crippen LogP contribution in [0.3, 0.4) is 0 Å².